The highest BCUT2D eigenvalue weighted by molar-refractivity contribution is 6.43. The average Bonchev–Trinajstić information content (AvgIpc) is 2.58. The van der Waals surface area contributed by atoms with E-state index < -0.39 is 29.4 Å². The number of methoxy groups -OCH3 is 3. The molecule has 8 heteroatoms. The fourth-order valence-corrected chi connectivity index (χ4v) is 1.99. The number of carbonyl (C=O) groups is 4. The van der Waals surface area contributed by atoms with E-state index >= 15 is 0 Å². The van der Waals surface area contributed by atoms with Gasteiger partial charge in [-0.1, -0.05) is 6.07 Å². The highest BCUT2D eigenvalue weighted by Gasteiger charge is 2.36. The lowest BCUT2D eigenvalue weighted by atomic mass is 9.98. The largest absolute Gasteiger partial charge is 0.493 e. The maximum atomic E-state index is 12.1. The molecule has 1 aromatic rings. The number of ether oxygens (including phenoxy) is 3. The summed E-state index contributed by atoms with van der Waals surface area (Å²) in [6.07, 6.45) is 0. The number of hydrogen-bond donors (Lipinski definition) is 1. The molecule has 0 aliphatic carbocycles. The van der Waals surface area contributed by atoms with Crippen molar-refractivity contribution in [2.45, 2.75) is 13.5 Å². The lowest BCUT2D eigenvalue weighted by Crippen LogP contribution is -2.42. The Morgan fingerprint density at radius 1 is 1.04 bits per heavy atom. The van der Waals surface area contributed by atoms with Gasteiger partial charge in [-0.25, -0.2) is 4.79 Å². The van der Waals surface area contributed by atoms with Crippen LogP contribution in [0.25, 0.3) is 0 Å². The minimum absolute atomic E-state index is 0.0391. The second kappa shape index (κ2) is 8.66. The fraction of sp³-hybridized carbons (Fsp3) is 0.375. The maximum Gasteiger partial charge on any atom is 0.375 e. The van der Waals surface area contributed by atoms with Crippen molar-refractivity contribution < 1.29 is 33.4 Å². The third-order valence-electron chi connectivity index (χ3n) is 3.23. The van der Waals surface area contributed by atoms with Gasteiger partial charge in [-0.15, -0.1) is 0 Å². The average molecular weight is 337 g/mol. The zero-order chi connectivity index (χ0) is 18.3. The van der Waals surface area contributed by atoms with E-state index in [0.717, 1.165) is 14.0 Å². The number of ketones is 2. The summed E-state index contributed by atoms with van der Waals surface area (Å²) in [7, 11) is 3.97. The van der Waals surface area contributed by atoms with Crippen molar-refractivity contribution in [3.8, 4) is 11.5 Å². The molecule has 0 aromatic heterocycles. The molecular weight excluding hydrogens is 318 g/mol. The number of Topliss-reactive ketones (excluding diaryl/α,β-unsaturated/α-hetero) is 2. The Kier molecular flexibility index (Phi) is 6.91. The Morgan fingerprint density at radius 2 is 1.67 bits per heavy atom. The third-order valence-corrected chi connectivity index (χ3v) is 3.23. The van der Waals surface area contributed by atoms with Crippen LogP contribution in [0.1, 0.15) is 12.5 Å². The minimum atomic E-state index is -1.72. The topological polar surface area (TPSA) is 108 Å². The first kappa shape index (κ1) is 19.1. The van der Waals surface area contributed by atoms with Gasteiger partial charge in [-0.2, -0.15) is 0 Å². The summed E-state index contributed by atoms with van der Waals surface area (Å²) < 4.78 is 14.5. The van der Waals surface area contributed by atoms with Gasteiger partial charge in [-0.3, -0.25) is 14.4 Å². The Hall–Kier alpha value is -2.90. The summed E-state index contributed by atoms with van der Waals surface area (Å²) in [5.74, 6) is -4.78. The second-order valence-corrected chi connectivity index (χ2v) is 4.81. The van der Waals surface area contributed by atoms with E-state index in [4.69, 9.17) is 9.47 Å². The Balaban J connectivity index is 2.84. The van der Waals surface area contributed by atoms with Crippen molar-refractivity contribution in [2.75, 3.05) is 21.3 Å². The van der Waals surface area contributed by atoms with Crippen molar-refractivity contribution in [3.05, 3.63) is 23.8 Å². The highest BCUT2D eigenvalue weighted by Crippen LogP contribution is 2.27. The molecule has 1 aromatic carbocycles. The molecule has 1 N–H and O–H groups in total. The molecule has 130 valence electrons. The first-order valence-corrected chi connectivity index (χ1v) is 6.96. The quantitative estimate of drug-likeness (QED) is 0.412. The Morgan fingerprint density at radius 3 is 2.17 bits per heavy atom. The van der Waals surface area contributed by atoms with Crippen LogP contribution in [0.3, 0.4) is 0 Å². The molecule has 24 heavy (non-hydrogen) atoms. The monoisotopic (exact) mass is 337 g/mol. The molecule has 0 fully saturated rings. The van der Waals surface area contributed by atoms with Gasteiger partial charge in [0.2, 0.25) is 5.91 Å². The van der Waals surface area contributed by atoms with Crippen molar-refractivity contribution in [2.24, 2.45) is 5.92 Å². The van der Waals surface area contributed by atoms with Crippen LogP contribution in [0.15, 0.2) is 18.2 Å². The van der Waals surface area contributed by atoms with E-state index in [2.05, 4.69) is 10.1 Å². The normalized spacial score (nSPS) is 11.2. The number of carbonyl (C=O) groups excluding carboxylic acids is 4. The van der Waals surface area contributed by atoms with Gasteiger partial charge in [0.25, 0.3) is 5.78 Å². The van der Waals surface area contributed by atoms with Crippen molar-refractivity contribution in [1.82, 2.24) is 5.32 Å². The smallest absolute Gasteiger partial charge is 0.375 e. The molecule has 1 unspecified atom stereocenters. The van der Waals surface area contributed by atoms with Gasteiger partial charge in [0.05, 0.1) is 21.3 Å². The minimum Gasteiger partial charge on any atom is -0.493 e. The summed E-state index contributed by atoms with van der Waals surface area (Å²) in [5, 5.41) is 2.44. The first-order valence-electron chi connectivity index (χ1n) is 6.96. The molecule has 1 amide bonds. The van der Waals surface area contributed by atoms with Crippen molar-refractivity contribution in [3.63, 3.8) is 0 Å². The second-order valence-electron chi connectivity index (χ2n) is 4.81. The van der Waals surface area contributed by atoms with Crippen LogP contribution in [-0.4, -0.2) is 44.8 Å². The number of rotatable bonds is 8. The van der Waals surface area contributed by atoms with Gasteiger partial charge >= 0.3 is 5.97 Å². The zero-order valence-electron chi connectivity index (χ0n) is 13.9. The van der Waals surface area contributed by atoms with Crippen LogP contribution in [0.4, 0.5) is 0 Å². The predicted octanol–water partition coefficient (Wildman–Crippen LogP) is 0.267. The fourth-order valence-electron chi connectivity index (χ4n) is 1.99. The lowest BCUT2D eigenvalue weighted by molar-refractivity contribution is -0.157. The summed E-state index contributed by atoms with van der Waals surface area (Å²) in [5.41, 5.74) is 0.661. The number of esters is 1. The molecule has 0 bridgehead atoms. The molecule has 1 rings (SSSR count). The van der Waals surface area contributed by atoms with Crippen LogP contribution in [0.2, 0.25) is 0 Å². The van der Waals surface area contributed by atoms with E-state index in [-0.39, 0.29) is 6.54 Å². The zero-order valence-corrected chi connectivity index (χ0v) is 13.9. The van der Waals surface area contributed by atoms with Gasteiger partial charge in [0.15, 0.2) is 17.4 Å². The van der Waals surface area contributed by atoms with Crippen LogP contribution in [0, 0.1) is 5.92 Å². The van der Waals surface area contributed by atoms with E-state index in [1.54, 1.807) is 18.2 Å². The molecule has 0 aliphatic rings. The Bertz CT molecular complexity index is 654. The van der Waals surface area contributed by atoms with Gasteiger partial charge < -0.3 is 19.5 Å². The number of benzene rings is 1. The summed E-state index contributed by atoms with van der Waals surface area (Å²) in [6, 6.07) is 4.99. The van der Waals surface area contributed by atoms with Gasteiger partial charge in [0.1, 0.15) is 5.78 Å². The van der Waals surface area contributed by atoms with Crippen LogP contribution in [-0.2, 0) is 30.5 Å². The SMILES string of the molecule is COC(=O)C(=O)C(C(C)=O)C(=O)NCc1ccc(OC)c(OC)c1. The third kappa shape index (κ3) is 4.55. The van der Waals surface area contributed by atoms with Crippen molar-refractivity contribution in [1.29, 1.82) is 0 Å². The number of amides is 1. The summed E-state index contributed by atoms with van der Waals surface area (Å²) in [4.78, 5) is 46.6. The molecule has 0 radical (unpaired) electrons. The highest BCUT2D eigenvalue weighted by atomic mass is 16.5. The molecular formula is C16H19NO7. The Labute approximate surface area is 139 Å². The molecule has 0 aliphatic heterocycles. The predicted molar refractivity (Wildman–Crippen MR) is 82.6 cm³/mol. The maximum absolute atomic E-state index is 12.1. The van der Waals surface area contributed by atoms with Crippen LogP contribution < -0.4 is 14.8 Å². The first-order chi connectivity index (χ1) is 11.3. The lowest BCUT2D eigenvalue weighted by Gasteiger charge is -2.13. The number of hydrogen-bond acceptors (Lipinski definition) is 7. The van der Waals surface area contributed by atoms with Gasteiger partial charge in [-0.05, 0) is 24.6 Å². The standard InChI is InChI=1S/C16H19NO7/c1-9(18)13(14(19)16(21)24-4)15(20)17-8-10-5-6-11(22-2)12(7-10)23-3/h5-7,13H,8H2,1-4H3,(H,17,20). The molecule has 1 atom stereocenters. The van der Waals surface area contributed by atoms with E-state index in [1.807, 2.05) is 0 Å². The van der Waals surface area contributed by atoms with E-state index in [9.17, 15) is 19.2 Å². The summed E-state index contributed by atoms with van der Waals surface area (Å²) >= 11 is 0. The van der Waals surface area contributed by atoms with E-state index in [1.165, 1.54) is 14.2 Å². The molecule has 0 spiro atoms. The molecule has 0 heterocycles. The van der Waals surface area contributed by atoms with Crippen LogP contribution in [0.5, 0.6) is 11.5 Å². The molecule has 0 saturated carbocycles. The van der Waals surface area contributed by atoms with Crippen molar-refractivity contribution >= 4 is 23.4 Å². The summed E-state index contributed by atoms with van der Waals surface area (Å²) in [6.45, 7) is 1.10. The number of nitrogens with one attached hydrogen (secondary N) is 1. The van der Waals surface area contributed by atoms with E-state index in [0.29, 0.717) is 17.1 Å². The van der Waals surface area contributed by atoms with Gasteiger partial charge in [0, 0.05) is 6.54 Å². The van der Waals surface area contributed by atoms with Crippen LogP contribution >= 0.6 is 0 Å². The molecule has 8 nitrogen and oxygen atoms in total. The molecule has 0 saturated heterocycles.